The van der Waals surface area contributed by atoms with E-state index in [4.69, 9.17) is 4.42 Å². The number of nitrogens with zero attached hydrogens (tertiary/aromatic N) is 1. The third-order valence-electron chi connectivity index (χ3n) is 2.92. The van der Waals surface area contributed by atoms with Crippen LogP contribution in [0.25, 0.3) is 21.7 Å². The van der Waals surface area contributed by atoms with E-state index in [1.807, 2.05) is 18.2 Å². The fraction of sp³-hybridized carbons (Fsp3) is 0.267. The number of rotatable bonds is 5. The molecular weight excluding hydrogens is 256 g/mol. The topological polar surface area (TPSA) is 38.1 Å². The molecule has 3 rings (SSSR count). The normalized spacial score (nSPS) is 11.2. The fourth-order valence-corrected chi connectivity index (χ4v) is 2.75. The maximum absolute atomic E-state index is 5.82. The smallest absolute Gasteiger partial charge is 0.164 e. The van der Waals surface area contributed by atoms with E-state index in [0.29, 0.717) is 0 Å². The molecule has 4 heteroatoms. The average Bonchev–Trinajstić information content (AvgIpc) is 3.04. The van der Waals surface area contributed by atoms with Gasteiger partial charge in [0.1, 0.15) is 5.58 Å². The first kappa shape index (κ1) is 12.4. The van der Waals surface area contributed by atoms with Gasteiger partial charge in [0, 0.05) is 17.3 Å². The van der Waals surface area contributed by atoms with Gasteiger partial charge >= 0.3 is 0 Å². The third-order valence-corrected chi connectivity index (χ3v) is 3.83. The van der Waals surface area contributed by atoms with Crippen molar-refractivity contribution in [3.05, 3.63) is 41.4 Å². The molecule has 0 aliphatic rings. The van der Waals surface area contributed by atoms with Crippen LogP contribution in [-0.4, -0.2) is 11.5 Å². The Morgan fingerprint density at radius 2 is 2.21 bits per heavy atom. The molecule has 0 aliphatic heterocycles. The first-order chi connectivity index (χ1) is 9.36. The van der Waals surface area contributed by atoms with Crippen LogP contribution in [0.2, 0.25) is 0 Å². The van der Waals surface area contributed by atoms with Crippen molar-refractivity contribution in [1.82, 2.24) is 10.3 Å². The Balaban J connectivity index is 1.81. The maximum atomic E-state index is 5.82. The summed E-state index contributed by atoms with van der Waals surface area (Å²) in [5.74, 6) is 0.855. The van der Waals surface area contributed by atoms with E-state index >= 15 is 0 Å². The van der Waals surface area contributed by atoms with Crippen LogP contribution in [-0.2, 0) is 6.54 Å². The van der Waals surface area contributed by atoms with Gasteiger partial charge in [-0.25, -0.2) is 4.98 Å². The van der Waals surface area contributed by atoms with Crippen molar-refractivity contribution < 1.29 is 4.42 Å². The van der Waals surface area contributed by atoms with Crippen molar-refractivity contribution in [2.45, 2.75) is 19.9 Å². The zero-order valence-corrected chi connectivity index (χ0v) is 11.7. The summed E-state index contributed by atoms with van der Waals surface area (Å²) in [7, 11) is 0. The molecule has 3 aromatic rings. The van der Waals surface area contributed by atoms with Gasteiger partial charge in [0.05, 0.1) is 5.69 Å². The van der Waals surface area contributed by atoms with Crippen molar-refractivity contribution in [2.75, 3.05) is 6.54 Å². The second kappa shape index (κ2) is 5.55. The highest BCUT2D eigenvalue weighted by molar-refractivity contribution is 7.13. The lowest BCUT2D eigenvalue weighted by Crippen LogP contribution is -2.13. The molecule has 1 N–H and O–H groups in total. The van der Waals surface area contributed by atoms with Crippen molar-refractivity contribution in [2.24, 2.45) is 0 Å². The van der Waals surface area contributed by atoms with Gasteiger partial charge in [-0.3, -0.25) is 0 Å². The Hall–Kier alpha value is -1.65. The quantitative estimate of drug-likeness (QED) is 0.712. The van der Waals surface area contributed by atoms with Crippen molar-refractivity contribution in [3.8, 4) is 10.8 Å². The maximum Gasteiger partial charge on any atom is 0.164 e. The Kier molecular flexibility index (Phi) is 3.62. The summed E-state index contributed by atoms with van der Waals surface area (Å²) in [5, 5.41) is 7.52. The fourth-order valence-electron chi connectivity index (χ4n) is 1.98. The third kappa shape index (κ3) is 2.69. The molecule has 0 amide bonds. The van der Waals surface area contributed by atoms with Crippen LogP contribution in [0.5, 0.6) is 0 Å². The minimum atomic E-state index is 0.824. The lowest BCUT2D eigenvalue weighted by Gasteiger charge is -1.97. The summed E-state index contributed by atoms with van der Waals surface area (Å²) in [4.78, 5) is 4.61. The Labute approximate surface area is 116 Å². The number of para-hydroxylation sites is 1. The molecule has 98 valence electrons. The molecule has 0 aliphatic carbocycles. The second-order valence-corrected chi connectivity index (χ2v) is 5.33. The van der Waals surface area contributed by atoms with Crippen LogP contribution in [0.3, 0.4) is 0 Å². The number of hydrogen-bond donors (Lipinski definition) is 1. The lowest BCUT2D eigenvalue weighted by molar-refractivity contribution is 0.629. The van der Waals surface area contributed by atoms with E-state index in [1.165, 1.54) is 0 Å². The summed E-state index contributed by atoms with van der Waals surface area (Å²) >= 11 is 1.63. The number of fused-ring (bicyclic) bond motifs is 1. The van der Waals surface area contributed by atoms with Crippen LogP contribution in [0.4, 0.5) is 0 Å². The van der Waals surface area contributed by atoms with Crippen molar-refractivity contribution in [3.63, 3.8) is 0 Å². The molecule has 0 unspecified atom stereocenters. The van der Waals surface area contributed by atoms with E-state index < -0.39 is 0 Å². The van der Waals surface area contributed by atoms with E-state index in [0.717, 1.165) is 46.9 Å². The summed E-state index contributed by atoms with van der Waals surface area (Å²) in [6, 6.07) is 10.1. The molecule has 0 radical (unpaired) electrons. The molecule has 0 fully saturated rings. The highest BCUT2D eigenvalue weighted by atomic mass is 32.1. The molecular formula is C15H16N2OS. The van der Waals surface area contributed by atoms with Crippen LogP contribution in [0.1, 0.15) is 19.0 Å². The molecule has 3 nitrogen and oxygen atoms in total. The Morgan fingerprint density at radius 1 is 1.32 bits per heavy atom. The van der Waals surface area contributed by atoms with Crippen LogP contribution in [0.15, 0.2) is 40.1 Å². The lowest BCUT2D eigenvalue weighted by atomic mass is 10.2. The standard InChI is InChI=1S/C15H16N2OS/c1-2-7-16-9-12-10-19-15(17-12)14-8-11-5-3-4-6-13(11)18-14/h3-6,8,10,16H,2,7,9H2,1H3. The predicted octanol–water partition coefficient (Wildman–Crippen LogP) is 4.06. The van der Waals surface area contributed by atoms with Crippen molar-refractivity contribution in [1.29, 1.82) is 0 Å². The van der Waals surface area contributed by atoms with Crippen molar-refractivity contribution >= 4 is 22.3 Å². The number of furan rings is 1. The number of hydrogen-bond acceptors (Lipinski definition) is 4. The van der Waals surface area contributed by atoms with Gasteiger partial charge in [0.15, 0.2) is 10.8 Å². The molecule has 0 spiro atoms. The van der Waals surface area contributed by atoms with Gasteiger partial charge < -0.3 is 9.73 Å². The van der Waals surface area contributed by atoms with Gasteiger partial charge in [-0.05, 0) is 25.1 Å². The van der Waals surface area contributed by atoms with Crippen LogP contribution in [0, 0.1) is 0 Å². The number of benzene rings is 1. The predicted molar refractivity (Wildman–Crippen MR) is 79.3 cm³/mol. The minimum Gasteiger partial charge on any atom is -0.454 e. The Morgan fingerprint density at radius 3 is 3.05 bits per heavy atom. The Bertz CT molecular complexity index is 638. The van der Waals surface area contributed by atoms with E-state index in [2.05, 4.69) is 34.7 Å². The highest BCUT2D eigenvalue weighted by Crippen LogP contribution is 2.29. The summed E-state index contributed by atoms with van der Waals surface area (Å²) in [5.41, 5.74) is 1.99. The number of thiazole rings is 1. The zero-order chi connectivity index (χ0) is 13.1. The number of aromatic nitrogens is 1. The molecule has 0 atom stereocenters. The molecule has 0 saturated carbocycles. The van der Waals surface area contributed by atoms with Gasteiger partial charge in [0.2, 0.25) is 0 Å². The zero-order valence-electron chi connectivity index (χ0n) is 10.8. The van der Waals surface area contributed by atoms with E-state index in [9.17, 15) is 0 Å². The first-order valence-electron chi connectivity index (χ1n) is 6.51. The molecule has 0 saturated heterocycles. The van der Waals surface area contributed by atoms with E-state index in [1.54, 1.807) is 11.3 Å². The molecule has 19 heavy (non-hydrogen) atoms. The molecule has 2 heterocycles. The molecule has 1 aromatic carbocycles. The molecule has 0 bridgehead atoms. The summed E-state index contributed by atoms with van der Waals surface area (Å²) in [6.07, 6.45) is 1.14. The monoisotopic (exact) mass is 272 g/mol. The van der Waals surface area contributed by atoms with Gasteiger partial charge in [-0.1, -0.05) is 25.1 Å². The minimum absolute atomic E-state index is 0.824. The van der Waals surface area contributed by atoms with Crippen LogP contribution >= 0.6 is 11.3 Å². The highest BCUT2D eigenvalue weighted by Gasteiger charge is 2.09. The largest absolute Gasteiger partial charge is 0.454 e. The van der Waals surface area contributed by atoms with Crippen LogP contribution < -0.4 is 5.32 Å². The van der Waals surface area contributed by atoms with Gasteiger partial charge in [-0.15, -0.1) is 11.3 Å². The first-order valence-corrected chi connectivity index (χ1v) is 7.39. The SMILES string of the molecule is CCCNCc1csc(-c2cc3ccccc3o2)n1. The molecule has 2 aromatic heterocycles. The van der Waals surface area contributed by atoms with E-state index in [-0.39, 0.29) is 0 Å². The average molecular weight is 272 g/mol. The van der Waals surface area contributed by atoms with Gasteiger partial charge in [0.25, 0.3) is 0 Å². The summed E-state index contributed by atoms with van der Waals surface area (Å²) < 4.78 is 5.82. The van der Waals surface area contributed by atoms with Gasteiger partial charge in [-0.2, -0.15) is 0 Å². The summed E-state index contributed by atoms with van der Waals surface area (Å²) in [6.45, 7) is 4.01. The number of nitrogens with one attached hydrogen (secondary N) is 1. The second-order valence-electron chi connectivity index (χ2n) is 4.47.